The van der Waals surface area contributed by atoms with Crippen molar-refractivity contribution in [2.24, 2.45) is 0 Å². The van der Waals surface area contributed by atoms with Crippen molar-refractivity contribution >= 4 is 21.6 Å². The summed E-state index contributed by atoms with van der Waals surface area (Å²) in [6.45, 7) is 5.28. The molecule has 6 heteroatoms. The van der Waals surface area contributed by atoms with Gasteiger partial charge in [-0.15, -0.1) is 0 Å². The van der Waals surface area contributed by atoms with Crippen molar-refractivity contribution in [3.63, 3.8) is 0 Å². The van der Waals surface area contributed by atoms with Gasteiger partial charge in [0.2, 0.25) is 0 Å². The van der Waals surface area contributed by atoms with Crippen molar-refractivity contribution in [3.05, 3.63) is 59.2 Å². The van der Waals surface area contributed by atoms with E-state index in [1.54, 1.807) is 18.2 Å². The summed E-state index contributed by atoms with van der Waals surface area (Å²) < 4.78 is 28.3. The van der Waals surface area contributed by atoms with Gasteiger partial charge in [0, 0.05) is 18.7 Å². The van der Waals surface area contributed by atoms with Gasteiger partial charge in [0.25, 0.3) is 15.9 Å². The van der Waals surface area contributed by atoms with E-state index in [1.807, 2.05) is 30.9 Å². The molecule has 0 saturated carbocycles. The van der Waals surface area contributed by atoms with Crippen molar-refractivity contribution in [1.29, 1.82) is 0 Å². The van der Waals surface area contributed by atoms with Gasteiger partial charge in [-0.3, -0.25) is 9.52 Å². The Morgan fingerprint density at radius 3 is 2.33 bits per heavy atom. The molecule has 27 heavy (non-hydrogen) atoms. The average Bonchev–Trinajstić information content (AvgIpc) is 2.94. The lowest BCUT2D eigenvalue weighted by atomic mass is 10.1. The summed E-state index contributed by atoms with van der Waals surface area (Å²) in [5.41, 5.74) is 2.87. The molecule has 0 unspecified atom stereocenters. The van der Waals surface area contributed by atoms with Crippen molar-refractivity contribution in [2.75, 3.05) is 17.8 Å². The highest BCUT2D eigenvalue weighted by Gasteiger charge is 2.21. The Morgan fingerprint density at radius 1 is 0.963 bits per heavy atom. The maximum atomic E-state index is 12.8. The third-order valence-corrected chi connectivity index (χ3v) is 6.50. The molecular formula is C21H26N2O3S. The number of anilines is 1. The lowest BCUT2D eigenvalue weighted by Gasteiger charge is -2.20. The van der Waals surface area contributed by atoms with Crippen LogP contribution in [0.15, 0.2) is 47.4 Å². The smallest absolute Gasteiger partial charge is 0.261 e. The zero-order chi connectivity index (χ0) is 19.4. The lowest BCUT2D eigenvalue weighted by molar-refractivity contribution is 0.0761. The van der Waals surface area contributed by atoms with Crippen LogP contribution in [0.5, 0.6) is 0 Å². The van der Waals surface area contributed by atoms with Crippen molar-refractivity contribution in [2.45, 2.75) is 44.4 Å². The molecule has 1 aliphatic heterocycles. The summed E-state index contributed by atoms with van der Waals surface area (Å²) in [4.78, 5) is 14.7. The quantitative estimate of drug-likeness (QED) is 0.859. The predicted octanol–water partition coefficient (Wildman–Crippen LogP) is 4.12. The number of rotatable bonds is 4. The summed E-state index contributed by atoms with van der Waals surface area (Å²) in [6.07, 6.45) is 4.27. The minimum atomic E-state index is -3.77. The molecule has 5 nitrogen and oxygen atoms in total. The normalized spacial score (nSPS) is 15.3. The topological polar surface area (TPSA) is 66.5 Å². The second kappa shape index (κ2) is 8.13. The Hall–Kier alpha value is -2.34. The molecular weight excluding hydrogens is 360 g/mol. The molecule has 2 aromatic carbocycles. The van der Waals surface area contributed by atoms with Gasteiger partial charge in [-0.25, -0.2) is 8.42 Å². The fourth-order valence-electron chi connectivity index (χ4n) is 3.32. The second-order valence-electron chi connectivity index (χ2n) is 7.09. The molecule has 1 fully saturated rings. The maximum absolute atomic E-state index is 12.8. The number of nitrogens with one attached hydrogen (secondary N) is 1. The molecule has 2 aromatic rings. The molecule has 0 radical (unpaired) electrons. The summed E-state index contributed by atoms with van der Waals surface area (Å²) in [7, 11) is -3.77. The molecule has 0 atom stereocenters. The predicted molar refractivity (Wildman–Crippen MR) is 108 cm³/mol. The van der Waals surface area contributed by atoms with Crippen LogP contribution in [0.2, 0.25) is 0 Å². The van der Waals surface area contributed by atoms with Crippen LogP contribution in [0.4, 0.5) is 5.69 Å². The largest absolute Gasteiger partial charge is 0.339 e. The Kier molecular flexibility index (Phi) is 5.85. The van der Waals surface area contributed by atoms with Crippen LogP contribution >= 0.6 is 0 Å². The first kappa shape index (κ1) is 19.4. The highest BCUT2D eigenvalue weighted by atomic mass is 32.2. The SMILES string of the molecule is Cc1cccc(NS(=O)(=O)c2cccc(C(=O)N3CCCCCC3)c2)c1C. The molecule has 0 aromatic heterocycles. The van der Waals surface area contributed by atoms with E-state index in [-0.39, 0.29) is 10.8 Å². The third kappa shape index (κ3) is 4.50. The van der Waals surface area contributed by atoms with Crippen LogP contribution in [0.25, 0.3) is 0 Å². The monoisotopic (exact) mass is 386 g/mol. The Morgan fingerprint density at radius 2 is 1.63 bits per heavy atom. The summed E-state index contributed by atoms with van der Waals surface area (Å²) in [6, 6.07) is 11.8. The van der Waals surface area contributed by atoms with Gasteiger partial charge in [-0.1, -0.05) is 31.0 Å². The van der Waals surface area contributed by atoms with E-state index in [0.717, 1.165) is 49.9 Å². The van der Waals surface area contributed by atoms with Gasteiger partial charge in [0.1, 0.15) is 0 Å². The standard InChI is InChI=1S/C21H26N2O3S/c1-16-9-7-12-20(17(16)2)22-27(25,26)19-11-8-10-18(15-19)21(24)23-13-5-3-4-6-14-23/h7-12,15,22H,3-6,13-14H2,1-2H3. The van der Waals surface area contributed by atoms with Crippen LogP contribution < -0.4 is 4.72 Å². The van der Waals surface area contributed by atoms with Crippen LogP contribution in [-0.4, -0.2) is 32.3 Å². The van der Waals surface area contributed by atoms with E-state index < -0.39 is 10.0 Å². The number of carbonyl (C=O) groups excluding carboxylic acids is 1. The maximum Gasteiger partial charge on any atom is 0.261 e. The van der Waals surface area contributed by atoms with Gasteiger partial charge in [-0.2, -0.15) is 0 Å². The fourth-order valence-corrected chi connectivity index (χ4v) is 4.49. The number of benzene rings is 2. The number of sulfonamides is 1. The molecule has 1 aliphatic rings. The van der Waals surface area contributed by atoms with E-state index in [0.29, 0.717) is 11.3 Å². The van der Waals surface area contributed by atoms with Gasteiger partial charge in [-0.05, 0) is 62.1 Å². The highest BCUT2D eigenvalue weighted by molar-refractivity contribution is 7.92. The highest BCUT2D eigenvalue weighted by Crippen LogP contribution is 2.23. The lowest BCUT2D eigenvalue weighted by Crippen LogP contribution is -2.32. The molecule has 0 aliphatic carbocycles. The average molecular weight is 387 g/mol. The third-order valence-electron chi connectivity index (χ3n) is 5.13. The van der Waals surface area contributed by atoms with Crippen LogP contribution in [-0.2, 0) is 10.0 Å². The van der Waals surface area contributed by atoms with Crippen LogP contribution in [0, 0.1) is 13.8 Å². The number of likely N-dealkylation sites (tertiary alicyclic amines) is 1. The minimum Gasteiger partial charge on any atom is -0.339 e. The van der Waals surface area contributed by atoms with Crippen LogP contribution in [0.3, 0.4) is 0 Å². The van der Waals surface area contributed by atoms with E-state index in [9.17, 15) is 13.2 Å². The summed E-state index contributed by atoms with van der Waals surface area (Å²) in [5.74, 6) is -0.0966. The van der Waals surface area contributed by atoms with E-state index in [4.69, 9.17) is 0 Å². The molecule has 1 N–H and O–H groups in total. The number of carbonyl (C=O) groups is 1. The Labute approximate surface area is 161 Å². The Bertz CT molecular complexity index is 930. The summed E-state index contributed by atoms with van der Waals surface area (Å²) in [5, 5.41) is 0. The van der Waals surface area contributed by atoms with Crippen molar-refractivity contribution in [3.8, 4) is 0 Å². The second-order valence-corrected chi connectivity index (χ2v) is 8.77. The zero-order valence-electron chi connectivity index (χ0n) is 15.9. The molecule has 3 rings (SSSR count). The minimum absolute atomic E-state index is 0.0966. The van der Waals surface area contributed by atoms with Gasteiger partial charge < -0.3 is 4.90 Å². The number of hydrogen-bond donors (Lipinski definition) is 1. The first-order valence-corrected chi connectivity index (χ1v) is 10.9. The fraction of sp³-hybridized carbons (Fsp3) is 0.381. The molecule has 1 saturated heterocycles. The molecule has 1 amide bonds. The number of nitrogens with zero attached hydrogens (tertiary/aromatic N) is 1. The van der Waals surface area contributed by atoms with Crippen LogP contribution in [0.1, 0.15) is 47.2 Å². The first-order valence-electron chi connectivity index (χ1n) is 9.37. The number of hydrogen-bond acceptors (Lipinski definition) is 3. The van der Waals surface area contributed by atoms with Crippen molar-refractivity contribution in [1.82, 2.24) is 4.90 Å². The van der Waals surface area contributed by atoms with Gasteiger partial charge >= 0.3 is 0 Å². The number of amides is 1. The van der Waals surface area contributed by atoms with Gasteiger partial charge in [0.15, 0.2) is 0 Å². The Balaban J connectivity index is 1.85. The van der Waals surface area contributed by atoms with E-state index in [1.165, 1.54) is 12.1 Å². The zero-order valence-corrected chi connectivity index (χ0v) is 16.7. The van der Waals surface area contributed by atoms with Crippen molar-refractivity contribution < 1.29 is 13.2 Å². The van der Waals surface area contributed by atoms with Gasteiger partial charge in [0.05, 0.1) is 10.6 Å². The molecule has 0 spiro atoms. The van der Waals surface area contributed by atoms with E-state index in [2.05, 4.69) is 4.72 Å². The first-order chi connectivity index (χ1) is 12.9. The molecule has 144 valence electrons. The summed E-state index contributed by atoms with van der Waals surface area (Å²) >= 11 is 0. The van der Waals surface area contributed by atoms with E-state index >= 15 is 0 Å². The molecule has 1 heterocycles. The molecule has 0 bridgehead atoms. The number of aryl methyl sites for hydroxylation is 1.